The highest BCUT2D eigenvalue weighted by atomic mass is 28.1. The normalized spacial score (nSPS) is 8.57. The van der Waals surface area contributed by atoms with Crippen LogP contribution in [0.5, 0.6) is 0 Å². The maximum absolute atomic E-state index is 4.98. The summed E-state index contributed by atoms with van der Waals surface area (Å²) in [5.41, 5.74) is 0. The van der Waals surface area contributed by atoms with E-state index < -0.39 is 0 Å². The molecule has 0 aromatic carbocycles. The first-order valence-corrected chi connectivity index (χ1v) is 4.12. The van der Waals surface area contributed by atoms with Crippen molar-refractivity contribution < 1.29 is 4.74 Å². The Kier molecular flexibility index (Phi) is 2.70. The van der Waals surface area contributed by atoms with Crippen LogP contribution >= 0.6 is 0 Å². The van der Waals surface area contributed by atoms with Gasteiger partial charge in [-0.2, -0.15) is 0 Å². The molecule has 0 saturated heterocycles. The van der Waals surface area contributed by atoms with Crippen LogP contribution in [0.15, 0.2) is 23.9 Å². The van der Waals surface area contributed by atoms with Crippen LogP contribution in [0.4, 0.5) is 0 Å². The second kappa shape index (κ2) is 2.82. The van der Waals surface area contributed by atoms with Crippen molar-refractivity contribution in [3.8, 4) is 0 Å². The second-order valence-corrected chi connectivity index (χ2v) is 3.74. The number of hydrogen-bond acceptors (Lipinski definition) is 1. The lowest BCUT2D eigenvalue weighted by Gasteiger charge is -1.99. The highest BCUT2D eigenvalue weighted by Crippen LogP contribution is 1.90. The van der Waals surface area contributed by atoms with Gasteiger partial charge in [-0.15, -0.1) is 0 Å². The van der Waals surface area contributed by atoms with Crippen LogP contribution < -0.4 is 0 Å². The van der Waals surface area contributed by atoms with E-state index in [1.165, 1.54) is 0 Å². The first-order valence-electron chi connectivity index (χ1n) is 2.12. The van der Waals surface area contributed by atoms with Crippen molar-refractivity contribution in [3.63, 3.8) is 0 Å². The van der Waals surface area contributed by atoms with Crippen molar-refractivity contribution in [2.24, 2.45) is 0 Å². The van der Waals surface area contributed by atoms with Gasteiger partial charge in [0.05, 0.1) is 31.2 Å². The Hall–Kier alpha value is -0.286. The van der Waals surface area contributed by atoms with E-state index in [1.807, 2.05) is 0 Å². The monoisotopic (exact) mass is 130 g/mol. The SMILES string of the molecule is C=C([SiH3])OC(=C)[SiH3]. The first-order chi connectivity index (χ1) is 3.13. The fourth-order valence-corrected chi connectivity index (χ4v) is 1.40. The van der Waals surface area contributed by atoms with Crippen molar-refractivity contribution in [3.05, 3.63) is 23.9 Å². The lowest BCUT2D eigenvalue weighted by molar-refractivity contribution is 0.371. The first kappa shape index (κ1) is 6.71. The quantitative estimate of drug-likeness (QED) is 0.333. The van der Waals surface area contributed by atoms with Crippen LogP contribution in [0.3, 0.4) is 0 Å². The Balaban J connectivity index is 3.32. The minimum Gasteiger partial charge on any atom is -0.480 e. The molecule has 0 spiro atoms. The average molecular weight is 130 g/mol. The van der Waals surface area contributed by atoms with Gasteiger partial charge in [0.2, 0.25) is 0 Å². The molecule has 0 aliphatic heterocycles. The molecule has 0 heterocycles. The highest BCUT2D eigenvalue weighted by Gasteiger charge is 1.80. The molecular formula is C4H10OSi2. The Labute approximate surface area is 49.9 Å². The minimum absolute atomic E-state index is 0.861. The minimum atomic E-state index is 0.861. The van der Waals surface area contributed by atoms with E-state index in [1.54, 1.807) is 0 Å². The summed E-state index contributed by atoms with van der Waals surface area (Å²) >= 11 is 0. The van der Waals surface area contributed by atoms with Gasteiger partial charge in [0.15, 0.2) is 0 Å². The van der Waals surface area contributed by atoms with Gasteiger partial charge in [-0.1, -0.05) is 13.2 Å². The van der Waals surface area contributed by atoms with Crippen LogP contribution in [-0.4, -0.2) is 20.5 Å². The molecule has 0 unspecified atom stereocenters. The van der Waals surface area contributed by atoms with E-state index in [4.69, 9.17) is 4.74 Å². The molecule has 40 valence electrons. The van der Waals surface area contributed by atoms with Gasteiger partial charge in [-0.3, -0.25) is 0 Å². The van der Waals surface area contributed by atoms with Crippen molar-refractivity contribution in [1.29, 1.82) is 0 Å². The topological polar surface area (TPSA) is 9.23 Å². The molecule has 0 fully saturated rings. The second-order valence-electron chi connectivity index (χ2n) is 1.51. The van der Waals surface area contributed by atoms with Crippen molar-refractivity contribution in [2.75, 3.05) is 0 Å². The van der Waals surface area contributed by atoms with Gasteiger partial charge in [0.25, 0.3) is 0 Å². The molecule has 1 nitrogen and oxygen atoms in total. The molecule has 0 rings (SSSR count). The summed E-state index contributed by atoms with van der Waals surface area (Å²) in [6.07, 6.45) is 0. The van der Waals surface area contributed by atoms with E-state index >= 15 is 0 Å². The molecule has 0 radical (unpaired) electrons. The zero-order chi connectivity index (χ0) is 5.86. The summed E-state index contributed by atoms with van der Waals surface area (Å²) in [7, 11) is 1.82. The zero-order valence-electron chi connectivity index (χ0n) is 4.82. The van der Waals surface area contributed by atoms with E-state index in [9.17, 15) is 0 Å². The largest absolute Gasteiger partial charge is 0.480 e. The van der Waals surface area contributed by atoms with Gasteiger partial charge < -0.3 is 4.74 Å². The molecule has 0 aromatic heterocycles. The zero-order valence-corrected chi connectivity index (χ0v) is 8.82. The number of ether oxygens (including phenoxy) is 1. The molecule has 0 aliphatic carbocycles. The summed E-state index contributed by atoms with van der Waals surface area (Å²) in [6, 6.07) is 0. The van der Waals surface area contributed by atoms with Crippen LogP contribution in [-0.2, 0) is 4.74 Å². The molecule has 0 N–H and O–H groups in total. The van der Waals surface area contributed by atoms with Crippen LogP contribution in [0.1, 0.15) is 0 Å². The predicted octanol–water partition coefficient (Wildman–Crippen LogP) is -1.32. The van der Waals surface area contributed by atoms with Crippen molar-refractivity contribution >= 4 is 20.5 Å². The lowest BCUT2D eigenvalue weighted by atomic mass is 11.0. The van der Waals surface area contributed by atoms with Crippen LogP contribution in [0, 0.1) is 0 Å². The fraction of sp³-hybridized carbons (Fsp3) is 0. The van der Waals surface area contributed by atoms with Crippen LogP contribution in [0.2, 0.25) is 0 Å². The van der Waals surface area contributed by atoms with E-state index in [2.05, 4.69) is 13.2 Å². The Morgan fingerprint density at radius 3 is 1.43 bits per heavy atom. The Morgan fingerprint density at radius 2 is 1.43 bits per heavy atom. The summed E-state index contributed by atoms with van der Waals surface area (Å²) in [6.45, 7) is 7.19. The predicted molar refractivity (Wildman–Crippen MR) is 39.2 cm³/mol. The summed E-state index contributed by atoms with van der Waals surface area (Å²) in [4.78, 5) is 0. The van der Waals surface area contributed by atoms with Gasteiger partial charge >= 0.3 is 0 Å². The fourth-order valence-electron chi connectivity index (χ4n) is 0.297. The molecule has 7 heavy (non-hydrogen) atoms. The Bertz CT molecular complexity index is 85.9. The maximum Gasteiger partial charge on any atom is 0.0833 e. The molecule has 3 heteroatoms. The molecule has 0 saturated carbocycles. The van der Waals surface area contributed by atoms with E-state index in [0.29, 0.717) is 0 Å². The van der Waals surface area contributed by atoms with E-state index in [0.717, 1.165) is 31.2 Å². The van der Waals surface area contributed by atoms with Crippen molar-refractivity contribution in [1.82, 2.24) is 0 Å². The molecule has 0 aliphatic rings. The number of hydrogen-bond donors (Lipinski definition) is 0. The summed E-state index contributed by atoms with van der Waals surface area (Å²) in [5, 5.41) is 1.72. The maximum atomic E-state index is 4.98. The lowest BCUT2D eigenvalue weighted by Crippen LogP contribution is -1.87. The summed E-state index contributed by atoms with van der Waals surface area (Å²) < 4.78 is 4.98. The highest BCUT2D eigenvalue weighted by molar-refractivity contribution is 6.22. The van der Waals surface area contributed by atoms with Gasteiger partial charge in [0.1, 0.15) is 0 Å². The molecule has 0 amide bonds. The van der Waals surface area contributed by atoms with Gasteiger partial charge in [-0.25, -0.2) is 0 Å². The third kappa shape index (κ3) is 5.71. The molecular weight excluding hydrogens is 120 g/mol. The number of rotatable bonds is 2. The molecule has 0 atom stereocenters. The van der Waals surface area contributed by atoms with E-state index in [-0.39, 0.29) is 0 Å². The summed E-state index contributed by atoms with van der Waals surface area (Å²) in [5.74, 6) is 0. The average Bonchev–Trinajstić information content (AvgIpc) is 1.27. The third-order valence-electron chi connectivity index (χ3n) is 0.348. The van der Waals surface area contributed by atoms with Gasteiger partial charge in [0, 0.05) is 0 Å². The molecule has 0 bridgehead atoms. The Morgan fingerprint density at radius 1 is 1.14 bits per heavy atom. The standard InChI is InChI=1S/C4H10OSi2/c1-3(6)5-4(2)7/h1-2H2,6-7H3. The van der Waals surface area contributed by atoms with Gasteiger partial charge in [-0.05, 0) is 0 Å². The van der Waals surface area contributed by atoms with Crippen molar-refractivity contribution in [2.45, 2.75) is 0 Å². The smallest absolute Gasteiger partial charge is 0.0833 e. The van der Waals surface area contributed by atoms with Crippen LogP contribution in [0.25, 0.3) is 0 Å². The third-order valence-corrected chi connectivity index (χ3v) is 0.757. The molecule has 0 aromatic rings.